The number of ether oxygens (including phenoxy) is 1. The third kappa shape index (κ3) is 3.78. The zero-order valence-corrected chi connectivity index (χ0v) is 13.6. The van der Waals surface area contributed by atoms with E-state index in [-0.39, 0.29) is 6.10 Å². The molecule has 0 amide bonds. The lowest BCUT2D eigenvalue weighted by atomic mass is 9.95. The van der Waals surface area contributed by atoms with Gasteiger partial charge in [-0.3, -0.25) is 0 Å². The van der Waals surface area contributed by atoms with E-state index in [0.717, 1.165) is 6.42 Å². The average molecular weight is 294 g/mol. The molecule has 0 saturated heterocycles. The maximum absolute atomic E-state index is 6.48. The van der Waals surface area contributed by atoms with Gasteiger partial charge in [0.05, 0.1) is 12.2 Å². The summed E-state index contributed by atoms with van der Waals surface area (Å²) in [4.78, 5) is 0. The predicted molar refractivity (Wildman–Crippen MR) is 94.1 cm³/mol. The summed E-state index contributed by atoms with van der Waals surface area (Å²) in [5.41, 5.74) is 2.47. The Labute approximate surface area is 134 Å². The molecule has 0 spiro atoms. The molecule has 0 radical (unpaired) electrons. The topological polar surface area (TPSA) is 9.23 Å². The molecule has 1 atom stereocenters. The highest BCUT2D eigenvalue weighted by molar-refractivity contribution is 5.83. The summed E-state index contributed by atoms with van der Waals surface area (Å²) in [6.45, 7) is 6.19. The van der Waals surface area contributed by atoms with Gasteiger partial charge in [-0.2, -0.15) is 0 Å². The first-order valence-corrected chi connectivity index (χ1v) is 8.51. The van der Waals surface area contributed by atoms with Crippen molar-refractivity contribution in [3.63, 3.8) is 0 Å². The first-order chi connectivity index (χ1) is 10.7. The van der Waals surface area contributed by atoms with Gasteiger partial charge >= 0.3 is 0 Å². The van der Waals surface area contributed by atoms with Gasteiger partial charge in [0.1, 0.15) is 0 Å². The molecule has 0 N–H and O–H groups in total. The molecule has 1 nitrogen and oxygen atoms in total. The van der Waals surface area contributed by atoms with Crippen molar-refractivity contribution in [3.05, 3.63) is 60.2 Å². The minimum atomic E-state index is 0.144. The summed E-state index contributed by atoms with van der Waals surface area (Å²) in [6.07, 6.45) is 7.87. The number of hydrogen-bond acceptors (Lipinski definition) is 1. The van der Waals surface area contributed by atoms with Crippen molar-refractivity contribution in [2.75, 3.05) is 0 Å². The molecule has 0 aromatic heterocycles. The van der Waals surface area contributed by atoms with Crippen molar-refractivity contribution in [2.45, 2.75) is 57.7 Å². The van der Waals surface area contributed by atoms with Crippen molar-refractivity contribution in [2.24, 2.45) is 0 Å². The molecule has 1 aliphatic rings. The lowest BCUT2D eigenvalue weighted by Gasteiger charge is -2.28. The van der Waals surface area contributed by atoms with Crippen LogP contribution in [0.25, 0.3) is 10.8 Å². The minimum Gasteiger partial charge on any atom is -0.370 e. The highest BCUT2D eigenvalue weighted by Gasteiger charge is 2.20. The number of hydrogen-bond donors (Lipinski definition) is 0. The molecule has 0 bridgehead atoms. The number of fused-ring (bicyclic) bond motifs is 1. The zero-order valence-electron chi connectivity index (χ0n) is 13.6. The van der Waals surface area contributed by atoms with Gasteiger partial charge in [-0.1, -0.05) is 61.2 Å². The third-order valence-electron chi connectivity index (χ3n) is 4.59. The largest absolute Gasteiger partial charge is 0.370 e. The lowest BCUT2D eigenvalue weighted by molar-refractivity contribution is -0.0309. The predicted octanol–water partition coefficient (Wildman–Crippen LogP) is 6.20. The van der Waals surface area contributed by atoms with Gasteiger partial charge in [-0.05, 0) is 48.6 Å². The molecule has 1 fully saturated rings. The molecule has 2 aromatic carbocycles. The molecule has 1 aliphatic carbocycles. The number of rotatable bonds is 5. The Bertz CT molecular complexity index is 637. The summed E-state index contributed by atoms with van der Waals surface area (Å²) in [5.74, 6) is 0. The highest BCUT2D eigenvalue weighted by Crippen LogP contribution is 2.32. The van der Waals surface area contributed by atoms with E-state index in [1.54, 1.807) is 0 Å². The Morgan fingerprint density at radius 2 is 1.82 bits per heavy atom. The maximum Gasteiger partial charge on any atom is 0.0865 e. The Balaban J connectivity index is 1.83. The van der Waals surface area contributed by atoms with Gasteiger partial charge in [0.2, 0.25) is 0 Å². The minimum absolute atomic E-state index is 0.144. The van der Waals surface area contributed by atoms with Gasteiger partial charge < -0.3 is 4.74 Å². The molecule has 22 heavy (non-hydrogen) atoms. The zero-order chi connectivity index (χ0) is 15.4. The lowest BCUT2D eigenvalue weighted by Crippen LogP contribution is -2.20. The molecule has 116 valence electrons. The Hall–Kier alpha value is -1.60. The molecule has 1 saturated carbocycles. The molecule has 3 rings (SSSR count). The molecule has 1 unspecified atom stereocenters. The summed E-state index contributed by atoms with van der Waals surface area (Å²) in [7, 11) is 0. The summed E-state index contributed by atoms with van der Waals surface area (Å²) in [6, 6.07) is 15.2. The summed E-state index contributed by atoms with van der Waals surface area (Å²) in [5, 5.41) is 2.58. The standard InChI is InChI=1S/C21H26O/c1-16(2)14-21(22-20-10-4-3-5-11-20)19-13-12-17-8-6-7-9-18(17)15-19/h6-9,12-13,15,20-21H,1,3-5,10-11,14H2,2H3. The van der Waals surface area contributed by atoms with Gasteiger partial charge in [0, 0.05) is 0 Å². The second-order valence-electron chi connectivity index (χ2n) is 6.65. The van der Waals surface area contributed by atoms with Crippen LogP contribution in [0.1, 0.15) is 57.1 Å². The molecular weight excluding hydrogens is 268 g/mol. The first-order valence-electron chi connectivity index (χ1n) is 8.51. The van der Waals surface area contributed by atoms with E-state index in [4.69, 9.17) is 4.74 Å². The van der Waals surface area contributed by atoms with Gasteiger partial charge in [-0.15, -0.1) is 6.58 Å². The van der Waals surface area contributed by atoms with Crippen LogP contribution in [0.5, 0.6) is 0 Å². The van der Waals surface area contributed by atoms with E-state index in [9.17, 15) is 0 Å². The summed E-state index contributed by atoms with van der Waals surface area (Å²) < 4.78 is 6.48. The van der Waals surface area contributed by atoms with Crippen LogP contribution in [0.2, 0.25) is 0 Å². The van der Waals surface area contributed by atoms with Crippen molar-refractivity contribution in [1.29, 1.82) is 0 Å². The molecule has 0 heterocycles. The quantitative estimate of drug-likeness (QED) is 0.597. The fourth-order valence-corrected chi connectivity index (χ4v) is 3.40. The second kappa shape index (κ2) is 7.11. The fourth-order valence-electron chi connectivity index (χ4n) is 3.40. The van der Waals surface area contributed by atoms with Crippen LogP contribution in [0.3, 0.4) is 0 Å². The number of benzene rings is 2. The Kier molecular flexibility index (Phi) is 4.94. The monoisotopic (exact) mass is 294 g/mol. The normalized spacial score (nSPS) is 17.5. The molecule has 0 aliphatic heterocycles. The van der Waals surface area contributed by atoms with Crippen LogP contribution < -0.4 is 0 Å². The van der Waals surface area contributed by atoms with E-state index >= 15 is 0 Å². The SMILES string of the molecule is C=C(C)CC(OC1CCCCC1)c1ccc2ccccc2c1. The summed E-state index contributed by atoms with van der Waals surface area (Å²) >= 11 is 0. The maximum atomic E-state index is 6.48. The smallest absolute Gasteiger partial charge is 0.0865 e. The fraction of sp³-hybridized carbons (Fsp3) is 0.429. The van der Waals surface area contributed by atoms with E-state index < -0.39 is 0 Å². The third-order valence-corrected chi connectivity index (χ3v) is 4.59. The Morgan fingerprint density at radius 3 is 2.55 bits per heavy atom. The van der Waals surface area contributed by atoms with E-state index in [1.165, 1.54) is 54.0 Å². The van der Waals surface area contributed by atoms with Crippen molar-refractivity contribution in [3.8, 4) is 0 Å². The second-order valence-corrected chi connectivity index (χ2v) is 6.65. The van der Waals surface area contributed by atoms with Gasteiger partial charge in [-0.25, -0.2) is 0 Å². The van der Waals surface area contributed by atoms with Crippen LogP contribution >= 0.6 is 0 Å². The van der Waals surface area contributed by atoms with Gasteiger partial charge in [0.15, 0.2) is 0 Å². The van der Waals surface area contributed by atoms with Crippen molar-refractivity contribution < 1.29 is 4.74 Å². The molecular formula is C21H26O. The Morgan fingerprint density at radius 1 is 1.09 bits per heavy atom. The first kappa shape index (κ1) is 15.3. The average Bonchev–Trinajstić information content (AvgIpc) is 2.54. The van der Waals surface area contributed by atoms with E-state index in [2.05, 4.69) is 56.0 Å². The molecule has 2 aromatic rings. The van der Waals surface area contributed by atoms with E-state index in [0.29, 0.717) is 6.10 Å². The van der Waals surface area contributed by atoms with Crippen molar-refractivity contribution >= 4 is 10.8 Å². The van der Waals surface area contributed by atoms with Crippen LogP contribution in [0.4, 0.5) is 0 Å². The van der Waals surface area contributed by atoms with Crippen LogP contribution in [0, 0.1) is 0 Å². The van der Waals surface area contributed by atoms with Gasteiger partial charge in [0.25, 0.3) is 0 Å². The molecule has 1 heteroatoms. The van der Waals surface area contributed by atoms with Crippen LogP contribution in [0.15, 0.2) is 54.6 Å². The highest BCUT2D eigenvalue weighted by atomic mass is 16.5. The van der Waals surface area contributed by atoms with Crippen molar-refractivity contribution in [1.82, 2.24) is 0 Å². The van der Waals surface area contributed by atoms with Crippen LogP contribution in [-0.2, 0) is 4.74 Å². The van der Waals surface area contributed by atoms with E-state index in [1.807, 2.05) is 0 Å². The van der Waals surface area contributed by atoms with Crippen LogP contribution in [-0.4, -0.2) is 6.10 Å².